The molecule has 0 unspecified atom stereocenters. The zero-order valence-corrected chi connectivity index (χ0v) is 20.0. The molecule has 0 aromatic heterocycles. The minimum absolute atomic E-state index is 0.0319. The fourth-order valence-corrected chi connectivity index (χ4v) is 7.88. The molecule has 0 radical (unpaired) electrons. The zero-order chi connectivity index (χ0) is 23.8. The number of hydrogen-bond acceptors (Lipinski definition) is 6. The van der Waals surface area contributed by atoms with Crippen LogP contribution in [0.1, 0.15) is 18.4 Å². The van der Waals surface area contributed by atoms with E-state index in [4.69, 9.17) is 21.4 Å². The normalized spacial score (nSPS) is 22.4. The number of anilines is 1. The number of hydrogen-bond donors (Lipinski definition) is 1. The number of fused-ring (bicyclic) bond motifs is 1. The molecule has 2 fully saturated rings. The van der Waals surface area contributed by atoms with Gasteiger partial charge in [0.25, 0.3) is 0 Å². The predicted octanol–water partition coefficient (Wildman–Crippen LogP) is 3.91. The maximum Gasteiger partial charge on any atom is 0.303 e. The first kappa shape index (κ1) is 23.6. The Hall–Kier alpha value is -2.56. The molecule has 2 saturated heterocycles. The van der Waals surface area contributed by atoms with Gasteiger partial charge in [0.2, 0.25) is 5.91 Å². The SMILES string of the molecule is Cc1cccc(Oc2ccc(Cl)cc2N2C(=NC(=O)CCC(=O)O)S[C@H]3CS(=O)(=O)C[C@H]32)c1. The molecule has 2 aromatic carbocycles. The van der Waals surface area contributed by atoms with Gasteiger partial charge in [-0.1, -0.05) is 35.5 Å². The molecule has 174 valence electrons. The Balaban J connectivity index is 1.74. The van der Waals surface area contributed by atoms with Gasteiger partial charge < -0.3 is 14.7 Å². The van der Waals surface area contributed by atoms with E-state index in [-0.39, 0.29) is 29.6 Å². The average molecular weight is 509 g/mol. The Kier molecular flexibility index (Phi) is 6.69. The topological polar surface area (TPSA) is 113 Å². The molecule has 0 spiro atoms. The Morgan fingerprint density at radius 1 is 1.21 bits per heavy atom. The molecule has 2 atom stereocenters. The third-order valence-corrected chi connectivity index (χ3v) is 8.68. The number of aliphatic imine (C=N–C) groups is 1. The molecule has 11 heteroatoms. The molecule has 1 amide bonds. The molecule has 33 heavy (non-hydrogen) atoms. The third-order valence-electron chi connectivity index (χ3n) is 5.24. The van der Waals surface area contributed by atoms with Gasteiger partial charge in [-0.15, -0.1) is 0 Å². The van der Waals surface area contributed by atoms with Gasteiger partial charge in [-0.25, -0.2) is 8.42 Å². The Bertz CT molecular complexity index is 1250. The van der Waals surface area contributed by atoms with Crippen LogP contribution in [0.25, 0.3) is 0 Å². The van der Waals surface area contributed by atoms with Crippen molar-refractivity contribution >= 4 is 55.9 Å². The number of carboxylic acids is 1. The number of amidine groups is 1. The molecule has 2 heterocycles. The lowest BCUT2D eigenvalue weighted by molar-refractivity contribution is -0.138. The summed E-state index contributed by atoms with van der Waals surface area (Å²) in [7, 11) is -3.26. The van der Waals surface area contributed by atoms with Crippen LogP contribution in [-0.4, -0.2) is 53.4 Å². The summed E-state index contributed by atoms with van der Waals surface area (Å²) in [5, 5.41) is 9.26. The van der Waals surface area contributed by atoms with Crippen LogP contribution in [0.3, 0.4) is 0 Å². The van der Waals surface area contributed by atoms with E-state index in [0.717, 1.165) is 5.56 Å². The van der Waals surface area contributed by atoms with Crippen LogP contribution in [0.5, 0.6) is 11.5 Å². The van der Waals surface area contributed by atoms with Crippen LogP contribution < -0.4 is 9.64 Å². The Morgan fingerprint density at radius 3 is 2.73 bits per heavy atom. The minimum atomic E-state index is -3.26. The molecular formula is C22H21ClN2O6S2. The Labute approximate surface area is 200 Å². The monoisotopic (exact) mass is 508 g/mol. The lowest BCUT2D eigenvalue weighted by atomic mass is 10.2. The lowest BCUT2D eigenvalue weighted by Gasteiger charge is -2.26. The number of halogens is 1. The number of sulfone groups is 1. The van der Waals surface area contributed by atoms with E-state index in [1.165, 1.54) is 11.8 Å². The van der Waals surface area contributed by atoms with Crippen LogP contribution in [0, 0.1) is 6.92 Å². The van der Waals surface area contributed by atoms with Crippen molar-refractivity contribution in [2.24, 2.45) is 4.99 Å². The van der Waals surface area contributed by atoms with Gasteiger partial charge in [0.1, 0.15) is 5.75 Å². The number of aryl methyl sites for hydroxylation is 1. The molecule has 0 bridgehead atoms. The number of rotatable bonds is 6. The molecule has 1 N–H and O–H groups in total. The van der Waals surface area contributed by atoms with Crippen molar-refractivity contribution in [3.05, 3.63) is 53.1 Å². The van der Waals surface area contributed by atoms with Gasteiger partial charge in [-0.3, -0.25) is 9.59 Å². The van der Waals surface area contributed by atoms with Crippen molar-refractivity contribution in [1.82, 2.24) is 0 Å². The first-order valence-electron chi connectivity index (χ1n) is 10.1. The quantitative estimate of drug-likeness (QED) is 0.624. The van der Waals surface area contributed by atoms with Gasteiger partial charge in [-0.2, -0.15) is 4.99 Å². The maximum atomic E-state index is 12.3. The number of nitrogens with zero attached hydrogens (tertiary/aromatic N) is 2. The summed E-state index contributed by atoms with van der Waals surface area (Å²) in [5.74, 6) is -0.778. The highest BCUT2D eigenvalue weighted by Gasteiger charge is 2.50. The number of ether oxygens (including phenoxy) is 1. The number of carbonyl (C=O) groups is 2. The van der Waals surface area contributed by atoms with E-state index < -0.39 is 27.8 Å². The second-order valence-corrected chi connectivity index (χ2v) is 11.7. The van der Waals surface area contributed by atoms with Crippen molar-refractivity contribution in [3.8, 4) is 11.5 Å². The summed E-state index contributed by atoms with van der Waals surface area (Å²) in [6.45, 7) is 1.94. The number of benzene rings is 2. The van der Waals surface area contributed by atoms with E-state index in [0.29, 0.717) is 27.4 Å². The van der Waals surface area contributed by atoms with Crippen LogP contribution in [0.15, 0.2) is 47.5 Å². The molecule has 0 saturated carbocycles. The van der Waals surface area contributed by atoms with E-state index in [1.807, 2.05) is 25.1 Å². The number of carboxylic acid groups (broad SMARTS) is 1. The number of aliphatic carboxylic acids is 1. The molecule has 4 rings (SSSR count). The molecule has 8 nitrogen and oxygen atoms in total. The van der Waals surface area contributed by atoms with E-state index in [9.17, 15) is 18.0 Å². The summed E-state index contributed by atoms with van der Waals surface area (Å²) in [5.41, 5.74) is 1.50. The maximum absolute atomic E-state index is 12.3. The molecule has 2 aliphatic rings. The molecule has 0 aliphatic carbocycles. The fourth-order valence-electron chi connectivity index (χ4n) is 3.79. The highest BCUT2D eigenvalue weighted by Crippen LogP contribution is 2.45. The zero-order valence-electron chi connectivity index (χ0n) is 17.6. The van der Waals surface area contributed by atoms with E-state index in [2.05, 4.69) is 4.99 Å². The van der Waals surface area contributed by atoms with Crippen LogP contribution in [0.4, 0.5) is 5.69 Å². The average Bonchev–Trinajstić information content (AvgIpc) is 3.18. The van der Waals surface area contributed by atoms with Gasteiger partial charge >= 0.3 is 5.97 Å². The third kappa shape index (κ3) is 5.51. The number of amides is 1. The summed E-state index contributed by atoms with van der Waals surface area (Å²) in [4.78, 5) is 29.0. The first-order valence-corrected chi connectivity index (χ1v) is 13.2. The smallest absolute Gasteiger partial charge is 0.303 e. The second kappa shape index (κ2) is 9.36. The standard InChI is InChI=1S/C22H21ClN2O6S2/c1-13-3-2-4-15(9-13)31-18-6-5-14(23)10-16(18)25-17-11-33(29,30)12-19(17)32-22(25)24-20(26)7-8-21(27)28/h2-6,9-10,17,19H,7-8,11-12H2,1H3,(H,27,28)/t17-,19+/m1/s1. The van der Waals surface area contributed by atoms with E-state index >= 15 is 0 Å². The van der Waals surface area contributed by atoms with Gasteiger partial charge in [0, 0.05) is 16.7 Å². The minimum Gasteiger partial charge on any atom is -0.481 e. The van der Waals surface area contributed by atoms with E-state index in [1.54, 1.807) is 29.2 Å². The van der Waals surface area contributed by atoms with Crippen molar-refractivity contribution in [1.29, 1.82) is 0 Å². The van der Waals surface area contributed by atoms with Crippen molar-refractivity contribution < 1.29 is 27.9 Å². The first-order chi connectivity index (χ1) is 15.6. The predicted molar refractivity (Wildman–Crippen MR) is 128 cm³/mol. The van der Waals surface area contributed by atoms with Gasteiger partial charge in [0.05, 0.1) is 29.7 Å². The molecule has 2 aliphatic heterocycles. The summed E-state index contributed by atoms with van der Waals surface area (Å²) < 4.78 is 30.8. The van der Waals surface area contributed by atoms with Crippen molar-refractivity contribution in [2.75, 3.05) is 16.4 Å². The van der Waals surface area contributed by atoms with Gasteiger partial charge in [0.15, 0.2) is 20.8 Å². The van der Waals surface area contributed by atoms with Crippen LogP contribution in [0.2, 0.25) is 5.02 Å². The number of thioether (sulfide) groups is 1. The fraction of sp³-hybridized carbons (Fsp3) is 0.318. The van der Waals surface area contributed by atoms with Crippen molar-refractivity contribution in [3.63, 3.8) is 0 Å². The van der Waals surface area contributed by atoms with Gasteiger partial charge in [-0.05, 0) is 42.8 Å². The highest BCUT2D eigenvalue weighted by molar-refractivity contribution is 8.16. The Morgan fingerprint density at radius 2 is 2.00 bits per heavy atom. The second-order valence-electron chi connectivity index (χ2n) is 7.88. The number of carbonyl (C=O) groups excluding carboxylic acids is 1. The summed E-state index contributed by atoms with van der Waals surface area (Å²) >= 11 is 7.48. The highest BCUT2D eigenvalue weighted by atomic mass is 35.5. The van der Waals surface area contributed by atoms with Crippen molar-refractivity contribution in [2.45, 2.75) is 31.1 Å². The summed E-state index contributed by atoms with van der Waals surface area (Å²) in [6.07, 6.45) is -0.580. The van der Waals surface area contributed by atoms with Crippen LogP contribution >= 0.6 is 23.4 Å². The van der Waals surface area contributed by atoms with Crippen LogP contribution in [-0.2, 0) is 19.4 Å². The largest absolute Gasteiger partial charge is 0.481 e. The lowest BCUT2D eigenvalue weighted by Crippen LogP contribution is -2.38. The molecule has 2 aromatic rings. The molecular weight excluding hydrogens is 488 g/mol. The summed E-state index contributed by atoms with van der Waals surface area (Å²) in [6, 6.07) is 12.0.